The summed E-state index contributed by atoms with van der Waals surface area (Å²) < 4.78 is 5.20. The minimum atomic E-state index is -0.635. The van der Waals surface area contributed by atoms with Gasteiger partial charge in [0.25, 0.3) is 5.91 Å². The van der Waals surface area contributed by atoms with Gasteiger partial charge in [-0.05, 0) is 58.9 Å². The van der Waals surface area contributed by atoms with Gasteiger partial charge in [0.2, 0.25) is 0 Å². The minimum absolute atomic E-state index is 0.226. The molecule has 0 heterocycles. The fourth-order valence-electron chi connectivity index (χ4n) is 1.63. The summed E-state index contributed by atoms with van der Waals surface area (Å²) in [5, 5.41) is 6.08. The van der Waals surface area contributed by atoms with E-state index in [1.807, 2.05) is 0 Å². The van der Waals surface area contributed by atoms with Gasteiger partial charge in [0.1, 0.15) is 5.60 Å². The van der Waals surface area contributed by atoms with Crippen molar-refractivity contribution in [2.24, 2.45) is 0 Å². The van der Waals surface area contributed by atoms with E-state index in [4.69, 9.17) is 16.3 Å². The van der Waals surface area contributed by atoms with Crippen molar-refractivity contribution in [1.82, 2.24) is 10.6 Å². The van der Waals surface area contributed by atoms with E-state index in [1.54, 1.807) is 58.9 Å². The van der Waals surface area contributed by atoms with Crippen LogP contribution in [0.25, 0.3) is 0 Å². The number of halogens is 1. The van der Waals surface area contributed by atoms with Crippen LogP contribution >= 0.6 is 11.6 Å². The van der Waals surface area contributed by atoms with Gasteiger partial charge >= 0.3 is 6.09 Å². The number of benzene rings is 1. The number of nitrogens with one attached hydrogen (secondary N) is 2. The van der Waals surface area contributed by atoms with Crippen molar-refractivity contribution < 1.29 is 14.3 Å². The van der Waals surface area contributed by atoms with Gasteiger partial charge in [0, 0.05) is 17.1 Å². The van der Waals surface area contributed by atoms with Crippen LogP contribution in [-0.2, 0) is 4.74 Å². The van der Waals surface area contributed by atoms with E-state index in [0.717, 1.165) is 0 Å². The molecule has 1 aromatic carbocycles. The zero-order valence-electron chi connectivity index (χ0n) is 13.6. The van der Waals surface area contributed by atoms with E-state index in [0.29, 0.717) is 10.6 Å². The molecule has 0 aliphatic carbocycles. The van der Waals surface area contributed by atoms with Crippen molar-refractivity contribution in [3.8, 4) is 0 Å². The van der Waals surface area contributed by atoms with Crippen molar-refractivity contribution in [2.45, 2.75) is 45.8 Å². The topological polar surface area (TPSA) is 67.4 Å². The van der Waals surface area contributed by atoms with Crippen LogP contribution in [0.2, 0.25) is 5.02 Å². The first kappa shape index (κ1) is 18.3. The van der Waals surface area contributed by atoms with Crippen molar-refractivity contribution in [2.75, 3.05) is 6.54 Å². The average molecular weight is 327 g/mol. The molecule has 0 fully saturated rings. The number of hydrogen-bond donors (Lipinski definition) is 2. The summed E-state index contributed by atoms with van der Waals surface area (Å²) in [7, 11) is 0. The first-order valence-electron chi connectivity index (χ1n) is 7.03. The summed E-state index contributed by atoms with van der Waals surface area (Å²) in [6.07, 6.45) is -0.516. The second-order valence-corrected chi connectivity index (χ2v) is 7.14. The number of carbonyl (C=O) groups is 2. The zero-order chi connectivity index (χ0) is 17.0. The molecule has 5 nitrogen and oxygen atoms in total. The van der Waals surface area contributed by atoms with Crippen LogP contribution in [0.15, 0.2) is 24.3 Å². The number of hydrogen-bond acceptors (Lipinski definition) is 3. The summed E-state index contributed by atoms with van der Waals surface area (Å²) in [5.74, 6) is -0.226. The molecule has 1 rings (SSSR count). The zero-order valence-corrected chi connectivity index (χ0v) is 14.4. The lowest BCUT2D eigenvalue weighted by atomic mass is 10.1. The summed E-state index contributed by atoms with van der Waals surface area (Å²) in [6.45, 7) is 9.26. The molecular formula is C16H23ClN2O3. The molecule has 0 saturated heterocycles. The van der Waals surface area contributed by atoms with Crippen molar-refractivity contribution in [3.63, 3.8) is 0 Å². The third kappa shape index (κ3) is 6.80. The monoisotopic (exact) mass is 326 g/mol. The summed E-state index contributed by atoms with van der Waals surface area (Å²) in [5.41, 5.74) is -0.686. The Bertz CT molecular complexity index is 533. The molecule has 0 spiro atoms. The van der Waals surface area contributed by atoms with E-state index < -0.39 is 17.2 Å². The van der Waals surface area contributed by atoms with Crippen LogP contribution in [0.1, 0.15) is 45.0 Å². The number of amides is 2. The fourth-order valence-corrected chi connectivity index (χ4v) is 1.75. The normalized spacial score (nSPS) is 11.7. The fraction of sp³-hybridized carbons (Fsp3) is 0.500. The molecule has 0 aliphatic heterocycles. The van der Waals surface area contributed by atoms with E-state index in [2.05, 4.69) is 10.6 Å². The van der Waals surface area contributed by atoms with Gasteiger partial charge in [0.15, 0.2) is 0 Å². The van der Waals surface area contributed by atoms with Gasteiger partial charge in [-0.25, -0.2) is 4.79 Å². The van der Waals surface area contributed by atoms with E-state index in [-0.39, 0.29) is 12.5 Å². The molecular weight excluding hydrogens is 304 g/mol. The first-order chi connectivity index (χ1) is 9.98. The van der Waals surface area contributed by atoms with E-state index in [9.17, 15) is 9.59 Å². The lowest BCUT2D eigenvalue weighted by Crippen LogP contribution is -2.52. The van der Waals surface area contributed by atoms with Crippen LogP contribution in [0.4, 0.5) is 4.79 Å². The van der Waals surface area contributed by atoms with Gasteiger partial charge in [-0.2, -0.15) is 0 Å². The molecule has 0 radical (unpaired) electrons. The Hall–Kier alpha value is -1.75. The number of ether oxygens (including phenoxy) is 1. The molecule has 22 heavy (non-hydrogen) atoms. The van der Waals surface area contributed by atoms with Crippen LogP contribution < -0.4 is 10.6 Å². The van der Waals surface area contributed by atoms with Crippen LogP contribution in [0.5, 0.6) is 0 Å². The Morgan fingerprint density at radius 2 is 1.64 bits per heavy atom. The first-order valence-corrected chi connectivity index (χ1v) is 7.41. The van der Waals surface area contributed by atoms with Gasteiger partial charge in [0.05, 0.1) is 5.54 Å². The second-order valence-electron chi connectivity index (χ2n) is 6.70. The quantitative estimate of drug-likeness (QED) is 0.891. The Morgan fingerprint density at radius 3 is 2.14 bits per heavy atom. The standard InChI is InChI=1S/C16H23ClN2O3/c1-15(2,3)22-14(21)19-16(4,5)10-18-13(20)11-6-8-12(17)9-7-11/h6-9H,10H2,1-5H3,(H,18,20)(H,19,21). The molecule has 122 valence electrons. The van der Waals surface area contributed by atoms with Crippen LogP contribution in [0.3, 0.4) is 0 Å². The van der Waals surface area contributed by atoms with Crippen molar-refractivity contribution >= 4 is 23.6 Å². The highest BCUT2D eigenvalue weighted by molar-refractivity contribution is 6.30. The third-order valence-corrected chi connectivity index (χ3v) is 2.89. The smallest absolute Gasteiger partial charge is 0.408 e. The second kappa shape index (κ2) is 7.01. The molecule has 0 aliphatic rings. The predicted octanol–water partition coefficient (Wildman–Crippen LogP) is 3.37. The summed E-state index contributed by atoms with van der Waals surface area (Å²) in [6, 6.07) is 6.60. The van der Waals surface area contributed by atoms with E-state index >= 15 is 0 Å². The summed E-state index contributed by atoms with van der Waals surface area (Å²) in [4.78, 5) is 23.8. The Morgan fingerprint density at radius 1 is 1.09 bits per heavy atom. The maximum absolute atomic E-state index is 12.0. The number of carbonyl (C=O) groups excluding carboxylic acids is 2. The molecule has 0 saturated carbocycles. The van der Waals surface area contributed by atoms with Crippen LogP contribution in [0, 0.1) is 0 Å². The predicted molar refractivity (Wildman–Crippen MR) is 87.2 cm³/mol. The van der Waals surface area contributed by atoms with Crippen molar-refractivity contribution in [3.05, 3.63) is 34.9 Å². The van der Waals surface area contributed by atoms with Crippen LogP contribution in [-0.4, -0.2) is 29.7 Å². The lowest BCUT2D eigenvalue weighted by molar-refractivity contribution is 0.0469. The number of rotatable bonds is 4. The maximum Gasteiger partial charge on any atom is 0.408 e. The third-order valence-electron chi connectivity index (χ3n) is 2.64. The molecule has 2 N–H and O–H groups in total. The Balaban J connectivity index is 2.52. The SMILES string of the molecule is CC(C)(CNC(=O)c1ccc(Cl)cc1)NC(=O)OC(C)(C)C. The minimum Gasteiger partial charge on any atom is -0.444 e. The van der Waals surface area contributed by atoms with E-state index in [1.165, 1.54) is 0 Å². The van der Waals surface area contributed by atoms with Gasteiger partial charge in [-0.3, -0.25) is 4.79 Å². The van der Waals surface area contributed by atoms with Crippen molar-refractivity contribution in [1.29, 1.82) is 0 Å². The highest BCUT2D eigenvalue weighted by Crippen LogP contribution is 2.11. The summed E-state index contributed by atoms with van der Waals surface area (Å²) >= 11 is 5.78. The Labute approximate surface area is 136 Å². The molecule has 0 atom stereocenters. The molecule has 6 heteroatoms. The Kier molecular flexibility index (Phi) is 5.83. The van der Waals surface area contributed by atoms with Gasteiger partial charge < -0.3 is 15.4 Å². The highest BCUT2D eigenvalue weighted by Gasteiger charge is 2.25. The average Bonchev–Trinajstić information content (AvgIpc) is 2.33. The largest absolute Gasteiger partial charge is 0.444 e. The lowest BCUT2D eigenvalue weighted by Gasteiger charge is -2.28. The van der Waals surface area contributed by atoms with Gasteiger partial charge in [-0.15, -0.1) is 0 Å². The molecule has 0 bridgehead atoms. The molecule has 1 aromatic rings. The van der Waals surface area contributed by atoms with Gasteiger partial charge in [-0.1, -0.05) is 11.6 Å². The molecule has 0 unspecified atom stereocenters. The molecule has 0 aromatic heterocycles. The maximum atomic E-state index is 12.0. The molecule has 2 amide bonds. The number of alkyl carbamates (subject to hydrolysis) is 1. The highest BCUT2D eigenvalue weighted by atomic mass is 35.5.